The van der Waals surface area contributed by atoms with Crippen molar-refractivity contribution in [1.82, 2.24) is 10.1 Å². The van der Waals surface area contributed by atoms with E-state index in [1.807, 2.05) is 54.6 Å². The number of aromatic nitrogens is 1. The Morgan fingerprint density at radius 1 is 1.19 bits per heavy atom. The molecule has 0 fully saturated rings. The summed E-state index contributed by atoms with van der Waals surface area (Å²) in [5, 5.41) is 4.78. The fourth-order valence-electron chi connectivity index (χ4n) is 3.34. The van der Waals surface area contributed by atoms with Crippen LogP contribution in [0.4, 0.5) is 0 Å². The van der Waals surface area contributed by atoms with Gasteiger partial charge in [-0.2, -0.15) is 0 Å². The van der Waals surface area contributed by atoms with Crippen molar-refractivity contribution < 1.29 is 14.1 Å². The molecule has 1 amide bonds. The van der Waals surface area contributed by atoms with Crippen molar-refractivity contribution in [2.45, 2.75) is 12.8 Å². The number of halogens is 1. The highest BCUT2D eigenvalue weighted by Gasteiger charge is 2.12. The van der Waals surface area contributed by atoms with E-state index < -0.39 is 0 Å². The lowest BCUT2D eigenvalue weighted by Crippen LogP contribution is -2.26. The van der Waals surface area contributed by atoms with Crippen LogP contribution in [0.2, 0.25) is 5.02 Å². The molecule has 4 rings (SSSR count). The molecule has 5 nitrogen and oxygen atoms in total. The molecule has 0 atom stereocenters. The Kier molecular flexibility index (Phi) is 6.53. The lowest BCUT2D eigenvalue weighted by atomic mass is 10.1. The van der Waals surface area contributed by atoms with Gasteiger partial charge in [-0.3, -0.25) is 4.79 Å². The Morgan fingerprint density at radius 2 is 2.03 bits per heavy atom. The number of ether oxygens (including phenoxy) is 1. The monoisotopic (exact) mass is 434 g/mol. The highest BCUT2D eigenvalue weighted by Crippen LogP contribution is 2.29. The van der Waals surface area contributed by atoms with Gasteiger partial charge >= 0.3 is 0 Å². The molecule has 2 heterocycles. The largest absolute Gasteiger partial charge is 0.488 e. The normalized spacial score (nSPS) is 12.9. The number of hydrogen-bond acceptors (Lipinski definition) is 4. The van der Waals surface area contributed by atoms with Crippen LogP contribution < -0.4 is 4.74 Å². The minimum absolute atomic E-state index is 0.0552. The zero-order valence-corrected chi connectivity index (χ0v) is 18.0. The second-order valence-electron chi connectivity index (χ2n) is 7.43. The van der Waals surface area contributed by atoms with E-state index >= 15 is 0 Å². The molecule has 0 bridgehead atoms. The third-order valence-electron chi connectivity index (χ3n) is 5.07. The van der Waals surface area contributed by atoms with Gasteiger partial charge in [-0.25, -0.2) is 0 Å². The Labute approximate surface area is 186 Å². The summed E-state index contributed by atoms with van der Waals surface area (Å²) in [4.78, 5) is 14.1. The number of carbonyl (C=O) groups is 1. The molecule has 1 aromatic heterocycles. The molecule has 2 aromatic carbocycles. The molecule has 0 saturated carbocycles. The van der Waals surface area contributed by atoms with Crippen molar-refractivity contribution in [3.05, 3.63) is 88.7 Å². The molecule has 1 aliphatic heterocycles. The minimum atomic E-state index is -0.0552. The van der Waals surface area contributed by atoms with E-state index in [1.54, 1.807) is 30.2 Å². The Hall–Kier alpha value is -3.31. The van der Waals surface area contributed by atoms with Gasteiger partial charge in [-0.05, 0) is 36.3 Å². The van der Waals surface area contributed by atoms with E-state index in [9.17, 15) is 4.79 Å². The van der Waals surface area contributed by atoms with Gasteiger partial charge in [0.1, 0.15) is 23.8 Å². The summed E-state index contributed by atoms with van der Waals surface area (Å²) in [6.07, 6.45) is 6.87. The van der Waals surface area contributed by atoms with Gasteiger partial charge in [-0.15, -0.1) is 0 Å². The molecule has 0 saturated heterocycles. The number of hydrogen-bond donors (Lipinski definition) is 0. The number of aryl methyl sites for hydroxylation is 1. The SMILES string of the molecule is CN(CCCc1cc(-c2ccccc2)no1)C(=O)/C=C/C1=Cc2cc(Cl)ccc2OC1. The van der Waals surface area contributed by atoms with Crippen LogP contribution in [0, 0.1) is 0 Å². The van der Waals surface area contributed by atoms with Gasteiger partial charge in [-0.1, -0.05) is 53.2 Å². The molecule has 0 N–H and O–H groups in total. The molecule has 31 heavy (non-hydrogen) atoms. The fourth-order valence-corrected chi connectivity index (χ4v) is 3.52. The first-order chi connectivity index (χ1) is 15.1. The molecule has 0 unspecified atom stereocenters. The quantitative estimate of drug-likeness (QED) is 0.466. The van der Waals surface area contributed by atoms with Crippen LogP contribution in [0.1, 0.15) is 17.7 Å². The highest BCUT2D eigenvalue weighted by atomic mass is 35.5. The number of fused-ring (bicyclic) bond motifs is 1. The summed E-state index contributed by atoms with van der Waals surface area (Å²) >= 11 is 6.04. The Morgan fingerprint density at radius 3 is 2.87 bits per heavy atom. The summed E-state index contributed by atoms with van der Waals surface area (Å²) < 4.78 is 11.1. The van der Waals surface area contributed by atoms with Crippen LogP contribution in [-0.4, -0.2) is 36.2 Å². The Bertz CT molecular complexity index is 1120. The first-order valence-electron chi connectivity index (χ1n) is 10.2. The van der Waals surface area contributed by atoms with Crippen molar-refractivity contribution >= 4 is 23.6 Å². The third-order valence-corrected chi connectivity index (χ3v) is 5.30. The number of carbonyl (C=O) groups excluding carboxylic acids is 1. The number of amides is 1. The lowest BCUT2D eigenvalue weighted by molar-refractivity contribution is -0.124. The fraction of sp³-hybridized carbons (Fsp3) is 0.200. The van der Waals surface area contributed by atoms with E-state index in [1.165, 1.54) is 0 Å². The summed E-state index contributed by atoms with van der Waals surface area (Å²) in [7, 11) is 1.79. The maximum Gasteiger partial charge on any atom is 0.246 e. The number of benzene rings is 2. The smallest absolute Gasteiger partial charge is 0.246 e. The standard InChI is InChI=1S/C25H23ClN2O3/c1-28(13-5-8-22-16-23(27-31-22)19-6-3-2-4-7-19)25(29)12-9-18-14-20-15-21(26)10-11-24(20)30-17-18/h2-4,6-7,9-12,14-16H,5,8,13,17H2,1H3/b12-9+. The van der Waals surface area contributed by atoms with Gasteiger partial charge in [0.05, 0.1) is 0 Å². The van der Waals surface area contributed by atoms with Crippen LogP contribution in [0.3, 0.4) is 0 Å². The summed E-state index contributed by atoms with van der Waals surface area (Å²) in [6, 6.07) is 17.4. The first kappa shape index (κ1) is 20.9. The number of rotatable bonds is 7. The molecule has 0 aliphatic carbocycles. The second-order valence-corrected chi connectivity index (χ2v) is 7.87. The highest BCUT2D eigenvalue weighted by molar-refractivity contribution is 6.30. The Balaban J connectivity index is 1.27. The van der Waals surface area contributed by atoms with E-state index in [-0.39, 0.29) is 5.91 Å². The van der Waals surface area contributed by atoms with Crippen LogP contribution in [0.25, 0.3) is 17.3 Å². The zero-order chi connectivity index (χ0) is 21.6. The predicted molar refractivity (Wildman–Crippen MR) is 122 cm³/mol. The van der Waals surface area contributed by atoms with Gasteiger partial charge in [0, 0.05) is 48.3 Å². The molecule has 6 heteroatoms. The summed E-state index contributed by atoms with van der Waals surface area (Å²) in [5.74, 6) is 1.56. The molecule has 3 aromatic rings. The summed E-state index contributed by atoms with van der Waals surface area (Å²) in [6.45, 7) is 1.05. The minimum Gasteiger partial charge on any atom is -0.488 e. The molecule has 1 aliphatic rings. The van der Waals surface area contributed by atoms with E-state index in [0.717, 1.165) is 46.7 Å². The van der Waals surface area contributed by atoms with Crippen LogP contribution >= 0.6 is 11.6 Å². The van der Waals surface area contributed by atoms with Crippen molar-refractivity contribution in [1.29, 1.82) is 0 Å². The van der Waals surface area contributed by atoms with E-state index in [0.29, 0.717) is 18.2 Å². The van der Waals surface area contributed by atoms with Crippen LogP contribution in [-0.2, 0) is 11.2 Å². The predicted octanol–water partition coefficient (Wildman–Crippen LogP) is 5.42. The van der Waals surface area contributed by atoms with Crippen molar-refractivity contribution in [2.24, 2.45) is 0 Å². The number of likely N-dealkylation sites (N-methyl/N-ethyl adjacent to an activating group) is 1. The first-order valence-corrected chi connectivity index (χ1v) is 10.5. The third kappa shape index (κ3) is 5.44. The van der Waals surface area contributed by atoms with Crippen LogP contribution in [0.15, 0.2) is 76.8 Å². The molecule has 0 spiro atoms. The van der Waals surface area contributed by atoms with Gasteiger partial charge in [0.25, 0.3) is 0 Å². The van der Waals surface area contributed by atoms with Crippen LogP contribution in [0.5, 0.6) is 5.75 Å². The molecular formula is C25H23ClN2O3. The average molecular weight is 435 g/mol. The number of nitrogens with zero attached hydrogens (tertiary/aromatic N) is 2. The second kappa shape index (κ2) is 9.67. The average Bonchev–Trinajstić information content (AvgIpc) is 3.26. The van der Waals surface area contributed by atoms with Gasteiger partial charge in [0.15, 0.2) is 0 Å². The van der Waals surface area contributed by atoms with Crippen molar-refractivity contribution in [3.63, 3.8) is 0 Å². The van der Waals surface area contributed by atoms with E-state index in [2.05, 4.69) is 5.16 Å². The zero-order valence-electron chi connectivity index (χ0n) is 17.3. The molecule has 0 radical (unpaired) electrons. The summed E-state index contributed by atoms with van der Waals surface area (Å²) in [5.41, 5.74) is 3.70. The van der Waals surface area contributed by atoms with Gasteiger partial charge < -0.3 is 14.2 Å². The molecule has 158 valence electrons. The van der Waals surface area contributed by atoms with Crippen molar-refractivity contribution in [3.8, 4) is 17.0 Å². The van der Waals surface area contributed by atoms with Crippen molar-refractivity contribution in [2.75, 3.05) is 20.2 Å². The van der Waals surface area contributed by atoms with E-state index in [4.69, 9.17) is 20.9 Å². The maximum absolute atomic E-state index is 12.4. The topological polar surface area (TPSA) is 55.6 Å². The van der Waals surface area contributed by atoms with Gasteiger partial charge in [0.2, 0.25) is 5.91 Å². The maximum atomic E-state index is 12.4. The molecular weight excluding hydrogens is 412 g/mol. The lowest BCUT2D eigenvalue weighted by Gasteiger charge is -2.17.